The fourth-order valence-electron chi connectivity index (χ4n) is 2.51. The van der Waals surface area contributed by atoms with Gasteiger partial charge in [-0.25, -0.2) is 4.98 Å². The molecule has 24 heavy (non-hydrogen) atoms. The summed E-state index contributed by atoms with van der Waals surface area (Å²) in [5, 5.41) is 3.04. The van der Waals surface area contributed by atoms with Gasteiger partial charge in [0.25, 0.3) is 0 Å². The fraction of sp³-hybridized carbons (Fsp3) is 0.0526. The lowest BCUT2D eigenvalue weighted by Gasteiger charge is -2.05. The second kappa shape index (κ2) is 6.55. The maximum atomic E-state index is 5.27. The predicted molar refractivity (Wildman–Crippen MR) is 101 cm³/mol. The molecule has 0 unspecified atom stereocenters. The molecule has 0 fully saturated rings. The van der Waals surface area contributed by atoms with Crippen molar-refractivity contribution in [2.24, 2.45) is 0 Å². The summed E-state index contributed by atoms with van der Waals surface area (Å²) < 4.78 is 5.27. The summed E-state index contributed by atoms with van der Waals surface area (Å²) in [5.74, 6) is 0.855. The van der Waals surface area contributed by atoms with Gasteiger partial charge in [0.2, 0.25) is 0 Å². The monoisotopic (exact) mass is 350 g/mol. The molecule has 1 aromatic carbocycles. The zero-order chi connectivity index (χ0) is 16.4. The minimum Gasteiger partial charge on any atom is -0.497 e. The maximum Gasteiger partial charge on any atom is 0.133 e. The molecule has 0 atom stereocenters. The summed E-state index contributed by atoms with van der Waals surface area (Å²) >= 11 is 3.38. The topological polar surface area (TPSA) is 35.0 Å². The Hall–Kier alpha value is -2.50. The average Bonchev–Trinajstić information content (AvgIpc) is 3.32. The lowest BCUT2D eigenvalue weighted by molar-refractivity contribution is 0.415. The van der Waals surface area contributed by atoms with Crippen LogP contribution in [-0.4, -0.2) is 17.1 Å². The van der Waals surface area contributed by atoms with Crippen molar-refractivity contribution in [3.8, 4) is 37.3 Å². The lowest BCUT2D eigenvalue weighted by Crippen LogP contribution is -1.84. The first-order valence-corrected chi connectivity index (χ1v) is 9.14. The van der Waals surface area contributed by atoms with Gasteiger partial charge in [-0.1, -0.05) is 18.2 Å². The van der Waals surface area contributed by atoms with Crippen molar-refractivity contribution in [1.29, 1.82) is 0 Å². The van der Waals surface area contributed by atoms with Crippen LogP contribution in [0.5, 0.6) is 5.75 Å². The average molecular weight is 350 g/mol. The van der Waals surface area contributed by atoms with Crippen LogP contribution >= 0.6 is 22.7 Å². The molecular weight excluding hydrogens is 336 g/mol. The van der Waals surface area contributed by atoms with Gasteiger partial charge in [0.15, 0.2) is 0 Å². The maximum absolute atomic E-state index is 5.27. The summed E-state index contributed by atoms with van der Waals surface area (Å²) in [6, 6.07) is 16.3. The van der Waals surface area contributed by atoms with Gasteiger partial charge in [-0.05, 0) is 35.9 Å². The van der Waals surface area contributed by atoms with E-state index in [1.54, 1.807) is 29.8 Å². The van der Waals surface area contributed by atoms with E-state index in [1.165, 1.54) is 5.56 Å². The molecule has 0 bridgehead atoms. The summed E-state index contributed by atoms with van der Waals surface area (Å²) in [5.41, 5.74) is 3.30. The van der Waals surface area contributed by atoms with E-state index in [2.05, 4.69) is 28.2 Å². The molecule has 0 saturated heterocycles. The molecule has 3 aromatic heterocycles. The van der Waals surface area contributed by atoms with Crippen LogP contribution in [0.15, 0.2) is 66.3 Å². The molecule has 4 rings (SSSR count). The van der Waals surface area contributed by atoms with Crippen molar-refractivity contribution in [2.45, 2.75) is 0 Å². The molecule has 3 heterocycles. The van der Waals surface area contributed by atoms with E-state index in [4.69, 9.17) is 4.74 Å². The van der Waals surface area contributed by atoms with E-state index >= 15 is 0 Å². The Kier molecular flexibility index (Phi) is 4.11. The van der Waals surface area contributed by atoms with Crippen LogP contribution in [0.25, 0.3) is 31.6 Å². The largest absolute Gasteiger partial charge is 0.497 e. The first-order chi connectivity index (χ1) is 11.8. The third-order valence-electron chi connectivity index (χ3n) is 3.67. The number of ether oxygens (including phenoxy) is 1. The molecule has 0 aliphatic carbocycles. The minimum absolute atomic E-state index is 0.855. The third-order valence-corrected chi connectivity index (χ3v) is 5.77. The van der Waals surface area contributed by atoms with Crippen molar-refractivity contribution in [1.82, 2.24) is 9.97 Å². The van der Waals surface area contributed by atoms with E-state index < -0.39 is 0 Å². The molecule has 5 heteroatoms. The summed E-state index contributed by atoms with van der Waals surface area (Å²) in [7, 11) is 1.68. The van der Waals surface area contributed by atoms with Crippen LogP contribution in [0, 0.1) is 0 Å². The van der Waals surface area contributed by atoms with Crippen LogP contribution in [0.4, 0.5) is 0 Å². The second-order valence-corrected chi connectivity index (χ2v) is 7.08. The minimum atomic E-state index is 0.855. The summed E-state index contributed by atoms with van der Waals surface area (Å²) in [6.45, 7) is 0. The number of nitrogens with zero attached hydrogens (tertiary/aromatic N) is 2. The number of hydrogen-bond donors (Lipinski definition) is 0. The number of aromatic nitrogens is 2. The van der Waals surface area contributed by atoms with Crippen molar-refractivity contribution >= 4 is 22.7 Å². The Morgan fingerprint density at radius 2 is 1.83 bits per heavy atom. The quantitative estimate of drug-likeness (QED) is 0.480. The van der Waals surface area contributed by atoms with Gasteiger partial charge in [0.1, 0.15) is 10.8 Å². The smallest absolute Gasteiger partial charge is 0.133 e. The van der Waals surface area contributed by atoms with Gasteiger partial charge in [0.05, 0.1) is 22.6 Å². The standard InChI is InChI=1S/C19H14N2OS2/c1-22-14-7-5-13(6-8-14)15-12-17(19-21-10-11-23-19)24-18(15)16-4-2-3-9-20-16/h2-12H,1H3. The summed E-state index contributed by atoms with van der Waals surface area (Å²) in [4.78, 5) is 11.3. The lowest BCUT2D eigenvalue weighted by atomic mass is 10.0. The van der Waals surface area contributed by atoms with Gasteiger partial charge in [0, 0.05) is 23.3 Å². The van der Waals surface area contributed by atoms with Crippen LogP contribution in [0.2, 0.25) is 0 Å². The first-order valence-electron chi connectivity index (χ1n) is 7.44. The van der Waals surface area contributed by atoms with Gasteiger partial charge in [-0.15, -0.1) is 22.7 Å². The normalized spacial score (nSPS) is 10.7. The van der Waals surface area contributed by atoms with Gasteiger partial charge < -0.3 is 4.74 Å². The van der Waals surface area contributed by atoms with E-state index in [9.17, 15) is 0 Å². The van der Waals surface area contributed by atoms with Crippen molar-refractivity contribution in [2.75, 3.05) is 7.11 Å². The van der Waals surface area contributed by atoms with Gasteiger partial charge in [-0.2, -0.15) is 0 Å². The van der Waals surface area contributed by atoms with Crippen LogP contribution in [0.1, 0.15) is 0 Å². The molecule has 0 spiro atoms. The predicted octanol–water partition coefficient (Wildman–Crippen LogP) is 5.61. The Morgan fingerprint density at radius 1 is 0.958 bits per heavy atom. The molecule has 0 radical (unpaired) electrons. The Morgan fingerprint density at radius 3 is 2.50 bits per heavy atom. The van der Waals surface area contributed by atoms with E-state index in [-0.39, 0.29) is 0 Å². The van der Waals surface area contributed by atoms with Gasteiger partial charge in [-0.3, -0.25) is 4.98 Å². The van der Waals surface area contributed by atoms with Gasteiger partial charge >= 0.3 is 0 Å². The van der Waals surface area contributed by atoms with E-state index in [1.807, 2.05) is 48.1 Å². The highest BCUT2D eigenvalue weighted by Crippen LogP contribution is 2.43. The highest BCUT2D eigenvalue weighted by Gasteiger charge is 2.16. The Labute approximate surface area is 148 Å². The van der Waals surface area contributed by atoms with Crippen molar-refractivity contribution in [3.63, 3.8) is 0 Å². The fourth-order valence-corrected chi connectivity index (χ4v) is 4.38. The molecular formula is C19H14N2OS2. The van der Waals surface area contributed by atoms with E-state index in [0.717, 1.165) is 31.8 Å². The zero-order valence-electron chi connectivity index (χ0n) is 13.0. The number of hydrogen-bond acceptors (Lipinski definition) is 5. The third kappa shape index (κ3) is 2.84. The van der Waals surface area contributed by atoms with E-state index in [0.29, 0.717) is 0 Å². The van der Waals surface area contributed by atoms with Crippen LogP contribution in [-0.2, 0) is 0 Å². The highest BCUT2D eigenvalue weighted by molar-refractivity contribution is 7.23. The molecule has 0 N–H and O–H groups in total. The molecule has 0 amide bonds. The molecule has 3 nitrogen and oxygen atoms in total. The Balaban J connectivity index is 1.87. The Bertz CT molecular complexity index is 929. The van der Waals surface area contributed by atoms with Crippen molar-refractivity contribution < 1.29 is 4.74 Å². The van der Waals surface area contributed by atoms with Crippen molar-refractivity contribution in [3.05, 3.63) is 66.3 Å². The number of thiazole rings is 1. The second-order valence-electron chi connectivity index (χ2n) is 5.13. The number of benzene rings is 1. The van der Waals surface area contributed by atoms with Crippen LogP contribution in [0.3, 0.4) is 0 Å². The molecule has 0 aliphatic rings. The highest BCUT2D eigenvalue weighted by atomic mass is 32.1. The molecule has 0 saturated carbocycles. The zero-order valence-corrected chi connectivity index (χ0v) is 14.6. The number of thiophene rings is 1. The first kappa shape index (κ1) is 15.1. The number of methoxy groups -OCH3 is 1. The summed E-state index contributed by atoms with van der Waals surface area (Å²) in [6.07, 6.45) is 3.67. The molecule has 0 aliphatic heterocycles. The van der Waals surface area contributed by atoms with Crippen LogP contribution < -0.4 is 4.74 Å². The number of rotatable bonds is 4. The molecule has 118 valence electrons. The number of pyridine rings is 1. The SMILES string of the molecule is COc1ccc(-c2cc(-c3nccs3)sc2-c2ccccn2)cc1. The molecule has 4 aromatic rings.